The standard InChI is InChI=1S/C19H17F3N4O/c20-19(21,22)16-11-17(26-18(25-16)15-3-1-2-9-23-15)24-10-8-13-4-6-14(12-27)7-5-13/h1-7,9,11,27H,8,10,12H2,(H,24,25,26). The number of alkyl halides is 3. The highest BCUT2D eigenvalue weighted by molar-refractivity contribution is 5.53. The number of nitrogens with zero attached hydrogens (tertiary/aromatic N) is 3. The fourth-order valence-electron chi connectivity index (χ4n) is 2.44. The zero-order valence-corrected chi connectivity index (χ0v) is 14.2. The molecule has 2 aromatic heterocycles. The van der Waals surface area contributed by atoms with E-state index in [-0.39, 0.29) is 23.9 Å². The third-order valence-electron chi connectivity index (χ3n) is 3.84. The Bertz CT molecular complexity index is 884. The Kier molecular flexibility index (Phi) is 5.66. The maximum atomic E-state index is 13.2. The predicted molar refractivity (Wildman–Crippen MR) is 94.8 cm³/mol. The minimum absolute atomic E-state index is 0.0318. The van der Waals surface area contributed by atoms with Crippen LogP contribution in [0, 0.1) is 0 Å². The molecule has 140 valence electrons. The number of benzene rings is 1. The Hall–Kier alpha value is -3.00. The number of aromatic nitrogens is 3. The van der Waals surface area contributed by atoms with E-state index in [0.717, 1.165) is 17.2 Å². The first-order valence-electron chi connectivity index (χ1n) is 8.26. The minimum Gasteiger partial charge on any atom is -0.392 e. The normalized spacial score (nSPS) is 11.4. The molecule has 5 nitrogen and oxygen atoms in total. The highest BCUT2D eigenvalue weighted by Gasteiger charge is 2.34. The molecule has 1 aromatic carbocycles. The molecule has 0 saturated carbocycles. The van der Waals surface area contributed by atoms with Crippen LogP contribution >= 0.6 is 0 Å². The summed E-state index contributed by atoms with van der Waals surface area (Å²) in [5.74, 6) is 0.00480. The van der Waals surface area contributed by atoms with Gasteiger partial charge in [0.1, 0.15) is 11.5 Å². The van der Waals surface area contributed by atoms with Gasteiger partial charge in [0.15, 0.2) is 11.5 Å². The van der Waals surface area contributed by atoms with Gasteiger partial charge in [-0.2, -0.15) is 13.2 Å². The molecule has 27 heavy (non-hydrogen) atoms. The Labute approximate surface area is 154 Å². The third kappa shape index (κ3) is 5.01. The molecule has 0 spiro atoms. The number of pyridine rings is 1. The smallest absolute Gasteiger partial charge is 0.392 e. The van der Waals surface area contributed by atoms with Gasteiger partial charge < -0.3 is 10.4 Å². The number of aliphatic hydroxyl groups is 1. The van der Waals surface area contributed by atoms with Gasteiger partial charge in [0.25, 0.3) is 0 Å². The van der Waals surface area contributed by atoms with Crippen LogP contribution in [0.5, 0.6) is 0 Å². The molecule has 0 fully saturated rings. The van der Waals surface area contributed by atoms with Crippen LogP contribution < -0.4 is 5.32 Å². The summed E-state index contributed by atoms with van der Waals surface area (Å²) in [6, 6.07) is 13.1. The van der Waals surface area contributed by atoms with Crippen molar-refractivity contribution in [2.24, 2.45) is 0 Å². The van der Waals surface area contributed by atoms with Gasteiger partial charge in [-0.1, -0.05) is 30.3 Å². The Morgan fingerprint density at radius 2 is 1.70 bits per heavy atom. The monoisotopic (exact) mass is 374 g/mol. The molecule has 8 heteroatoms. The number of hydrogen-bond acceptors (Lipinski definition) is 5. The quantitative estimate of drug-likeness (QED) is 0.688. The van der Waals surface area contributed by atoms with Crippen molar-refractivity contribution in [1.82, 2.24) is 15.0 Å². The molecular weight excluding hydrogens is 357 g/mol. The summed E-state index contributed by atoms with van der Waals surface area (Å²) in [5.41, 5.74) is 1.05. The van der Waals surface area contributed by atoms with E-state index in [1.165, 1.54) is 6.20 Å². The van der Waals surface area contributed by atoms with Crippen molar-refractivity contribution >= 4 is 5.82 Å². The first kappa shape index (κ1) is 18.8. The summed E-state index contributed by atoms with van der Waals surface area (Å²) in [7, 11) is 0. The van der Waals surface area contributed by atoms with Crippen molar-refractivity contribution in [3.8, 4) is 11.5 Å². The topological polar surface area (TPSA) is 70.9 Å². The van der Waals surface area contributed by atoms with E-state index in [1.54, 1.807) is 30.3 Å². The Morgan fingerprint density at radius 3 is 2.33 bits per heavy atom. The lowest BCUT2D eigenvalue weighted by molar-refractivity contribution is -0.141. The number of rotatable bonds is 6. The van der Waals surface area contributed by atoms with E-state index in [0.29, 0.717) is 13.0 Å². The predicted octanol–water partition coefficient (Wildman–Crippen LogP) is 3.70. The van der Waals surface area contributed by atoms with Gasteiger partial charge in [0.05, 0.1) is 6.61 Å². The molecular formula is C19H17F3N4O. The molecule has 0 amide bonds. The van der Waals surface area contributed by atoms with E-state index in [4.69, 9.17) is 5.11 Å². The zero-order valence-electron chi connectivity index (χ0n) is 14.2. The number of halogens is 3. The minimum atomic E-state index is -4.58. The van der Waals surface area contributed by atoms with Crippen molar-refractivity contribution < 1.29 is 18.3 Å². The van der Waals surface area contributed by atoms with Gasteiger partial charge in [-0.05, 0) is 29.7 Å². The van der Waals surface area contributed by atoms with Gasteiger partial charge in [-0.15, -0.1) is 0 Å². The van der Waals surface area contributed by atoms with Crippen molar-refractivity contribution in [2.45, 2.75) is 19.2 Å². The van der Waals surface area contributed by atoms with Gasteiger partial charge in [-0.3, -0.25) is 4.98 Å². The molecule has 0 aliphatic heterocycles. The maximum Gasteiger partial charge on any atom is 0.433 e. The lowest BCUT2D eigenvalue weighted by Crippen LogP contribution is -2.13. The highest BCUT2D eigenvalue weighted by Crippen LogP contribution is 2.30. The van der Waals surface area contributed by atoms with Crippen LogP contribution in [0.3, 0.4) is 0 Å². The third-order valence-corrected chi connectivity index (χ3v) is 3.84. The molecule has 2 heterocycles. The molecule has 3 rings (SSSR count). The SMILES string of the molecule is OCc1ccc(CCNc2cc(C(F)(F)F)nc(-c3ccccn3)n2)cc1. The largest absolute Gasteiger partial charge is 0.433 e. The van der Waals surface area contributed by atoms with E-state index < -0.39 is 11.9 Å². The summed E-state index contributed by atoms with van der Waals surface area (Å²) in [5, 5.41) is 12.0. The van der Waals surface area contributed by atoms with E-state index in [2.05, 4.69) is 20.3 Å². The van der Waals surface area contributed by atoms with Crippen LogP contribution in [0.1, 0.15) is 16.8 Å². The lowest BCUT2D eigenvalue weighted by Gasteiger charge is -2.12. The summed E-state index contributed by atoms with van der Waals surface area (Å²) in [6.07, 6.45) is -2.51. The summed E-state index contributed by atoms with van der Waals surface area (Å²) >= 11 is 0. The van der Waals surface area contributed by atoms with Crippen LogP contribution in [-0.2, 0) is 19.2 Å². The Morgan fingerprint density at radius 1 is 0.963 bits per heavy atom. The van der Waals surface area contributed by atoms with Crippen LogP contribution in [0.25, 0.3) is 11.5 Å². The molecule has 3 aromatic rings. The first-order valence-corrected chi connectivity index (χ1v) is 8.26. The van der Waals surface area contributed by atoms with E-state index in [1.807, 2.05) is 12.1 Å². The average Bonchev–Trinajstić information content (AvgIpc) is 2.68. The number of hydrogen-bond donors (Lipinski definition) is 2. The van der Waals surface area contributed by atoms with Gasteiger partial charge >= 0.3 is 6.18 Å². The molecule has 0 saturated heterocycles. The molecule has 0 aliphatic carbocycles. The van der Waals surface area contributed by atoms with Crippen LogP contribution in [0.2, 0.25) is 0 Å². The Balaban J connectivity index is 1.77. The van der Waals surface area contributed by atoms with Gasteiger partial charge in [-0.25, -0.2) is 9.97 Å². The molecule has 0 unspecified atom stereocenters. The summed E-state index contributed by atoms with van der Waals surface area (Å²) in [4.78, 5) is 11.8. The van der Waals surface area contributed by atoms with Crippen LogP contribution in [0.15, 0.2) is 54.7 Å². The van der Waals surface area contributed by atoms with Crippen LogP contribution in [-0.4, -0.2) is 26.6 Å². The number of anilines is 1. The fourth-order valence-corrected chi connectivity index (χ4v) is 2.44. The van der Waals surface area contributed by atoms with Crippen molar-refractivity contribution in [2.75, 3.05) is 11.9 Å². The van der Waals surface area contributed by atoms with Crippen LogP contribution in [0.4, 0.5) is 19.0 Å². The summed E-state index contributed by atoms with van der Waals surface area (Å²) < 4.78 is 39.5. The van der Waals surface area contributed by atoms with Crippen molar-refractivity contribution in [3.63, 3.8) is 0 Å². The first-order chi connectivity index (χ1) is 13.0. The highest BCUT2D eigenvalue weighted by atomic mass is 19.4. The molecule has 2 N–H and O–H groups in total. The van der Waals surface area contributed by atoms with E-state index in [9.17, 15) is 13.2 Å². The second-order valence-corrected chi connectivity index (χ2v) is 5.83. The van der Waals surface area contributed by atoms with Crippen molar-refractivity contribution in [3.05, 3.63) is 71.5 Å². The zero-order chi connectivity index (χ0) is 19.3. The molecule has 0 atom stereocenters. The second kappa shape index (κ2) is 8.13. The van der Waals surface area contributed by atoms with Crippen molar-refractivity contribution in [1.29, 1.82) is 0 Å². The lowest BCUT2D eigenvalue weighted by atomic mass is 10.1. The molecule has 0 radical (unpaired) electrons. The van der Waals surface area contributed by atoms with Gasteiger partial charge in [0.2, 0.25) is 0 Å². The number of aliphatic hydroxyl groups excluding tert-OH is 1. The van der Waals surface area contributed by atoms with Gasteiger partial charge in [0, 0.05) is 18.8 Å². The summed E-state index contributed by atoms with van der Waals surface area (Å²) in [6.45, 7) is 0.365. The fraction of sp³-hybridized carbons (Fsp3) is 0.211. The second-order valence-electron chi connectivity index (χ2n) is 5.83. The maximum absolute atomic E-state index is 13.2. The number of nitrogens with one attached hydrogen (secondary N) is 1. The average molecular weight is 374 g/mol. The molecule has 0 aliphatic rings. The molecule has 0 bridgehead atoms. The van der Waals surface area contributed by atoms with E-state index >= 15 is 0 Å².